The molecule has 102 valence electrons. The van der Waals surface area contributed by atoms with Crippen LogP contribution in [0.4, 0.5) is 0 Å². The summed E-state index contributed by atoms with van der Waals surface area (Å²) in [5.41, 5.74) is 1.40. The van der Waals surface area contributed by atoms with Crippen LogP contribution in [0.2, 0.25) is 0 Å². The minimum atomic E-state index is -0.355. The number of carbonyl (C=O) groups is 1. The highest BCUT2D eigenvalue weighted by Gasteiger charge is 2.28. The summed E-state index contributed by atoms with van der Waals surface area (Å²) in [6.45, 7) is 0. The Labute approximate surface area is 116 Å². The van der Waals surface area contributed by atoms with Crippen LogP contribution >= 0.6 is 0 Å². The monoisotopic (exact) mass is 270 g/mol. The molecule has 0 bridgehead atoms. The molecule has 1 aliphatic rings. The van der Waals surface area contributed by atoms with Gasteiger partial charge in [0.1, 0.15) is 23.4 Å². The molecular formula is C16H14O4. The van der Waals surface area contributed by atoms with Gasteiger partial charge in [-0.1, -0.05) is 12.1 Å². The third kappa shape index (κ3) is 2.20. The number of ketones is 1. The van der Waals surface area contributed by atoms with Crippen molar-refractivity contribution < 1.29 is 19.4 Å². The van der Waals surface area contributed by atoms with Gasteiger partial charge < -0.3 is 14.6 Å². The summed E-state index contributed by atoms with van der Waals surface area (Å²) < 4.78 is 11.0. The summed E-state index contributed by atoms with van der Waals surface area (Å²) in [5, 5.41) is 9.50. The number of rotatable bonds is 2. The van der Waals surface area contributed by atoms with E-state index in [1.165, 1.54) is 12.1 Å². The Morgan fingerprint density at radius 1 is 1.25 bits per heavy atom. The number of carbonyl (C=O) groups excluding carboxylic acids is 1. The first-order valence-corrected chi connectivity index (χ1v) is 6.34. The standard InChI is InChI=1S/C16H14O4/c1-19-12-4-2-3-10(7-12)15-9-14(18)13-6-5-11(17)8-16(13)20-15/h2-8,15,17H,9H2,1H3. The predicted octanol–water partition coefficient (Wildman–Crippen LogP) is 3.11. The zero-order valence-corrected chi connectivity index (χ0v) is 11.0. The lowest BCUT2D eigenvalue weighted by atomic mass is 9.96. The zero-order chi connectivity index (χ0) is 14.1. The molecule has 1 atom stereocenters. The molecular weight excluding hydrogens is 256 g/mol. The van der Waals surface area contributed by atoms with Gasteiger partial charge in [-0.25, -0.2) is 0 Å². The third-order valence-corrected chi connectivity index (χ3v) is 3.37. The van der Waals surface area contributed by atoms with Gasteiger partial charge in [-0.2, -0.15) is 0 Å². The maximum absolute atomic E-state index is 12.1. The molecule has 20 heavy (non-hydrogen) atoms. The van der Waals surface area contributed by atoms with Crippen molar-refractivity contribution in [1.82, 2.24) is 0 Å². The first-order chi connectivity index (χ1) is 9.67. The number of phenols is 1. The fraction of sp³-hybridized carbons (Fsp3) is 0.188. The summed E-state index contributed by atoms with van der Waals surface area (Å²) in [6.07, 6.45) is -0.0720. The van der Waals surface area contributed by atoms with Crippen LogP contribution in [0.1, 0.15) is 28.4 Å². The molecule has 0 amide bonds. The Kier molecular flexibility index (Phi) is 3.06. The molecule has 4 nitrogen and oxygen atoms in total. The molecule has 3 rings (SSSR count). The Hall–Kier alpha value is -2.49. The maximum atomic E-state index is 12.1. The van der Waals surface area contributed by atoms with E-state index in [0.717, 1.165) is 11.3 Å². The van der Waals surface area contributed by atoms with E-state index in [0.29, 0.717) is 11.3 Å². The Balaban J connectivity index is 1.96. The van der Waals surface area contributed by atoms with Crippen molar-refractivity contribution >= 4 is 5.78 Å². The molecule has 1 aliphatic heterocycles. The lowest BCUT2D eigenvalue weighted by molar-refractivity contribution is 0.0849. The molecule has 4 heteroatoms. The van der Waals surface area contributed by atoms with Gasteiger partial charge in [0.2, 0.25) is 0 Å². The van der Waals surface area contributed by atoms with Crippen molar-refractivity contribution in [2.75, 3.05) is 7.11 Å². The Morgan fingerprint density at radius 3 is 2.90 bits per heavy atom. The first kappa shape index (κ1) is 12.5. The van der Waals surface area contributed by atoms with Crippen molar-refractivity contribution in [3.8, 4) is 17.2 Å². The lowest BCUT2D eigenvalue weighted by Crippen LogP contribution is -2.20. The molecule has 2 aromatic rings. The topological polar surface area (TPSA) is 55.8 Å². The average molecular weight is 270 g/mol. The summed E-state index contributed by atoms with van der Waals surface area (Å²) in [4.78, 5) is 12.1. The van der Waals surface area contributed by atoms with E-state index in [9.17, 15) is 9.90 Å². The van der Waals surface area contributed by atoms with E-state index >= 15 is 0 Å². The largest absolute Gasteiger partial charge is 0.508 e. The Bertz CT molecular complexity index is 663. The van der Waals surface area contributed by atoms with Crippen molar-refractivity contribution in [1.29, 1.82) is 0 Å². The molecule has 0 saturated heterocycles. The normalized spacial score (nSPS) is 17.2. The second kappa shape index (κ2) is 4.89. The van der Waals surface area contributed by atoms with Crippen LogP contribution in [0.5, 0.6) is 17.2 Å². The molecule has 1 unspecified atom stereocenters. The summed E-state index contributed by atoms with van der Waals surface area (Å²) in [7, 11) is 1.60. The first-order valence-electron chi connectivity index (χ1n) is 6.34. The van der Waals surface area contributed by atoms with Gasteiger partial charge in [0.15, 0.2) is 5.78 Å². The van der Waals surface area contributed by atoms with Crippen molar-refractivity contribution in [3.63, 3.8) is 0 Å². The van der Waals surface area contributed by atoms with Gasteiger partial charge in [-0.05, 0) is 29.8 Å². The molecule has 2 aromatic carbocycles. The van der Waals surface area contributed by atoms with E-state index < -0.39 is 0 Å². The van der Waals surface area contributed by atoms with Gasteiger partial charge in [0, 0.05) is 6.07 Å². The molecule has 0 fully saturated rings. The van der Waals surface area contributed by atoms with E-state index in [1.807, 2.05) is 24.3 Å². The minimum Gasteiger partial charge on any atom is -0.508 e. The van der Waals surface area contributed by atoms with Crippen LogP contribution in [-0.4, -0.2) is 18.0 Å². The van der Waals surface area contributed by atoms with Crippen molar-refractivity contribution in [2.24, 2.45) is 0 Å². The number of methoxy groups -OCH3 is 1. The zero-order valence-electron chi connectivity index (χ0n) is 11.0. The van der Waals surface area contributed by atoms with E-state index in [-0.39, 0.29) is 24.1 Å². The number of aromatic hydroxyl groups is 1. The van der Waals surface area contributed by atoms with Crippen LogP contribution in [0.3, 0.4) is 0 Å². The van der Waals surface area contributed by atoms with E-state index in [1.54, 1.807) is 13.2 Å². The van der Waals surface area contributed by atoms with Gasteiger partial charge in [-0.3, -0.25) is 4.79 Å². The number of ether oxygens (including phenoxy) is 2. The van der Waals surface area contributed by atoms with E-state index in [2.05, 4.69) is 0 Å². The molecule has 0 spiro atoms. The molecule has 1 heterocycles. The molecule has 0 saturated carbocycles. The van der Waals surface area contributed by atoms with Crippen LogP contribution in [-0.2, 0) is 0 Å². The quantitative estimate of drug-likeness (QED) is 0.911. The van der Waals surface area contributed by atoms with Gasteiger partial charge in [-0.15, -0.1) is 0 Å². The summed E-state index contributed by atoms with van der Waals surface area (Å²) >= 11 is 0. The maximum Gasteiger partial charge on any atom is 0.170 e. The number of hydrogen-bond donors (Lipinski definition) is 1. The number of hydrogen-bond acceptors (Lipinski definition) is 4. The van der Waals surface area contributed by atoms with Gasteiger partial charge >= 0.3 is 0 Å². The number of phenolic OH excluding ortho intramolecular Hbond substituents is 1. The smallest absolute Gasteiger partial charge is 0.170 e. The fourth-order valence-corrected chi connectivity index (χ4v) is 2.34. The molecule has 0 radical (unpaired) electrons. The van der Waals surface area contributed by atoms with Gasteiger partial charge in [0.05, 0.1) is 19.1 Å². The summed E-state index contributed by atoms with van der Waals surface area (Å²) in [5.74, 6) is 1.25. The summed E-state index contributed by atoms with van der Waals surface area (Å²) in [6, 6.07) is 12.0. The van der Waals surface area contributed by atoms with Crippen molar-refractivity contribution in [3.05, 3.63) is 53.6 Å². The minimum absolute atomic E-state index is 0.0130. The van der Waals surface area contributed by atoms with E-state index in [4.69, 9.17) is 9.47 Å². The highest BCUT2D eigenvalue weighted by atomic mass is 16.5. The second-order valence-corrected chi connectivity index (χ2v) is 4.69. The van der Waals surface area contributed by atoms with Crippen LogP contribution in [0, 0.1) is 0 Å². The molecule has 0 aromatic heterocycles. The SMILES string of the molecule is COc1cccc(C2CC(=O)c3ccc(O)cc3O2)c1. The van der Waals surface area contributed by atoms with Crippen molar-refractivity contribution in [2.45, 2.75) is 12.5 Å². The van der Waals surface area contributed by atoms with Crippen LogP contribution in [0.15, 0.2) is 42.5 Å². The highest BCUT2D eigenvalue weighted by molar-refractivity contribution is 6.00. The van der Waals surface area contributed by atoms with Crippen LogP contribution < -0.4 is 9.47 Å². The number of fused-ring (bicyclic) bond motifs is 1. The number of benzene rings is 2. The van der Waals surface area contributed by atoms with Crippen LogP contribution in [0.25, 0.3) is 0 Å². The average Bonchev–Trinajstić information content (AvgIpc) is 2.46. The third-order valence-electron chi connectivity index (χ3n) is 3.37. The lowest BCUT2D eigenvalue weighted by Gasteiger charge is -2.25. The second-order valence-electron chi connectivity index (χ2n) is 4.69. The fourth-order valence-electron chi connectivity index (χ4n) is 2.34. The van der Waals surface area contributed by atoms with Gasteiger partial charge in [0.25, 0.3) is 0 Å². The molecule has 0 aliphatic carbocycles. The predicted molar refractivity (Wildman–Crippen MR) is 73.4 cm³/mol. The highest BCUT2D eigenvalue weighted by Crippen LogP contribution is 2.37. The Morgan fingerprint density at radius 2 is 2.10 bits per heavy atom. The number of Topliss-reactive ketones (excluding diaryl/α,β-unsaturated/α-hetero) is 1. The molecule has 1 N–H and O–H groups in total.